The fourth-order valence-corrected chi connectivity index (χ4v) is 5.23. The number of fused-ring (bicyclic) bond motifs is 1. The van der Waals surface area contributed by atoms with Crippen LogP contribution in [0.4, 0.5) is 0 Å². The van der Waals surface area contributed by atoms with Crippen molar-refractivity contribution in [3.63, 3.8) is 0 Å². The largest absolute Gasteiger partial charge is 0.376 e. The number of rotatable bonds is 8. The van der Waals surface area contributed by atoms with Gasteiger partial charge in [0.15, 0.2) is 0 Å². The van der Waals surface area contributed by atoms with Crippen molar-refractivity contribution in [3.8, 4) is 0 Å². The zero-order valence-corrected chi connectivity index (χ0v) is 17.6. The molecule has 0 aromatic carbocycles. The second-order valence-electron chi connectivity index (χ2n) is 8.53. The van der Waals surface area contributed by atoms with Gasteiger partial charge in [0.25, 0.3) is 5.56 Å². The smallest absolute Gasteiger partial charge is 0.332 e. The molecule has 7 nitrogen and oxygen atoms in total. The van der Waals surface area contributed by atoms with Crippen LogP contribution in [0.2, 0.25) is 0 Å². The van der Waals surface area contributed by atoms with E-state index in [2.05, 4.69) is 12.2 Å². The summed E-state index contributed by atoms with van der Waals surface area (Å²) in [6.07, 6.45) is 4.17. The molecule has 0 amide bonds. The van der Waals surface area contributed by atoms with E-state index < -0.39 is 0 Å². The van der Waals surface area contributed by atoms with Gasteiger partial charge in [-0.2, -0.15) is 0 Å². The molecule has 3 heterocycles. The van der Waals surface area contributed by atoms with Crippen molar-refractivity contribution in [3.05, 3.63) is 31.3 Å². The van der Waals surface area contributed by atoms with Crippen molar-refractivity contribution in [1.29, 1.82) is 0 Å². The van der Waals surface area contributed by atoms with Gasteiger partial charge < -0.3 is 15.8 Å². The van der Waals surface area contributed by atoms with Gasteiger partial charge in [-0.25, -0.2) is 4.79 Å². The number of ether oxygens (including phenoxy) is 1. The zero-order chi connectivity index (χ0) is 19.9. The summed E-state index contributed by atoms with van der Waals surface area (Å²) in [4.78, 5) is 28.5. The molecule has 8 heteroatoms. The predicted molar refractivity (Wildman–Crippen MR) is 112 cm³/mol. The maximum Gasteiger partial charge on any atom is 0.332 e. The molecule has 1 saturated heterocycles. The first kappa shape index (κ1) is 19.8. The number of aromatic nitrogens is 2. The number of thiophene rings is 1. The fourth-order valence-electron chi connectivity index (χ4n) is 3.96. The van der Waals surface area contributed by atoms with Crippen LogP contribution in [-0.2, 0) is 24.4 Å². The molecule has 2 fully saturated rings. The molecule has 1 aliphatic carbocycles. The maximum absolute atomic E-state index is 13.3. The van der Waals surface area contributed by atoms with Gasteiger partial charge in [0, 0.05) is 37.7 Å². The van der Waals surface area contributed by atoms with Gasteiger partial charge in [-0.1, -0.05) is 6.92 Å². The maximum atomic E-state index is 13.3. The molecule has 0 radical (unpaired) electrons. The van der Waals surface area contributed by atoms with Crippen molar-refractivity contribution in [2.45, 2.75) is 65.3 Å². The molecule has 4 rings (SSSR count). The van der Waals surface area contributed by atoms with Crippen molar-refractivity contribution in [1.82, 2.24) is 14.5 Å². The summed E-state index contributed by atoms with van der Waals surface area (Å²) in [6, 6.07) is 0. The van der Waals surface area contributed by atoms with Crippen LogP contribution in [0.15, 0.2) is 9.59 Å². The number of hydrogen-bond donors (Lipinski definition) is 2. The van der Waals surface area contributed by atoms with Crippen molar-refractivity contribution in [2.24, 2.45) is 11.1 Å². The van der Waals surface area contributed by atoms with Crippen LogP contribution < -0.4 is 22.3 Å². The quantitative estimate of drug-likeness (QED) is 0.649. The molecule has 0 unspecified atom stereocenters. The lowest BCUT2D eigenvalue weighted by molar-refractivity contribution is 0.0965. The van der Waals surface area contributed by atoms with E-state index >= 15 is 0 Å². The highest BCUT2D eigenvalue weighted by Gasteiger charge is 2.39. The Morgan fingerprint density at radius 3 is 2.75 bits per heavy atom. The summed E-state index contributed by atoms with van der Waals surface area (Å²) in [5.41, 5.74) is 6.30. The Bertz CT molecular complexity index is 980. The first-order valence-corrected chi connectivity index (χ1v) is 11.0. The Morgan fingerprint density at radius 1 is 1.32 bits per heavy atom. The average molecular weight is 407 g/mol. The van der Waals surface area contributed by atoms with Gasteiger partial charge in [-0.3, -0.25) is 13.9 Å². The third kappa shape index (κ3) is 3.70. The highest BCUT2D eigenvalue weighted by Crippen LogP contribution is 2.46. The lowest BCUT2D eigenvalue weighted by Crippen LogP contribution is -2.42. The van der Waals surface area contributed by atoms with Gasteiger partial charge in [-0.05, 0) is 43.6 Å². The minimum absolute atomic E-state index is 0.0459. The summed E-state index contributed by atoms with van der Waals surface area (Å²) < 4.78 is 9.06. The van der Waals surface area contributed by atoms with Gasteiger partial charge >= 0.3 is 5.69 Å². The average Bonchev–Trinajstić information content (AvgIpc) is 3.05. The van der Waals surface area contributed by atoms with Crippen LogP contribution in [0.1, 0.15) is 43.0 Å². The van der Waals surface area contributed by atoms with Crippen LogP contribution >= 0.6 is 11.3 Å². The van der Waals surface area contributed by atoms with E-state index in [1.54, 1.807) is 15.9 Å². The van der Waals surface area contributed by atoms with Gasteiger partial charge in [0.05, 0.1) is 18.0 Å². The van der Waals surface area contributed by atoms with Gasteiger partial charge in [0.1, 0.15) is 4.83 Å². The Kier molecular flexibility index (Phi) is 5.48. The first-order chi connectivity index (χ1) is 13.4. The highest BCUT2D eigenvalue weighted by atomic mass is 32.1. The second kappa shape index (κ2) is 7.74. The molecule has 1 saturated carbocycles. The standard InChI is InChI=1S/C20H30N4O3S/c1-13-15(10-22-8-7-21)28-18-16(13)17(25)24(12-20(2)5-6-20)19(26)23(18)11-14-4-3-9-27-14/h14,22H,3-12,21H2,1-2H3/t14-/m1/s1. The molecule has 3 N–H and O–H groups in total. The minimum atomic E-state index is -0.191. The number of nitrogens with one attached hydrogen (secondary N) is 1. The number of nitrogens with two attached hydrogens (primary N) is 1. The summed E-state index contributed by atoms with van der Waals surface area (Å²) in [6.45, 7) is 7.85. The van der Waals surface area contributed by atoms with E-state index in [0.29, 0.717) is 31.6 Å². The molecule has 2 aromatic heterocycles. The monoisotopic (exact) mass is 406 g/mol. The number of aryl methyl sites for hydroxylation is 1. The summed E-state index contributed by atoms with van der Waals surface area (Å²) in [5.74, 6) is 0. The Balaban J connectivity index is 1.83. The molecular formula is C20H30N4O3S. The van der Waals surface area contributed by atoms with Crippen molar-refractivity contribution < 1.29 is 4.74 Å². The fraction of sp³-hybridized carbons (Fsp3) is 0.700. The van der Waals surface area contributed by atoms with Gasteiger partial charge in [-0.15, -0.1) is 11.3 Å². The SMILES string of the molecule is Cc1c(CNCCN)sc2c1c(=O)n(CC1(C)CC1)c(=O)n2C[C@H]1CCCO1. The molecule has 1 aliphatic heterocycles. The van der Waals surface area contributed by atoms with Crippen LogP contribution in [0.25, 0.3) is 10.2 Å². The Hall–Kier alpha value is -1.48. The van der Waals surface area contributed by atoms with Crippen LogP contribution in [0.5, 0.6) is 0 Å². The minimum Gasteiger partial charge on any atom is -0.376 e. The predicted octanol–water partition coefficient (Wildman–Crippen LogP) is 1.56. The lowest BCUT2D eigenvalue weighted by Gasteiger charge is -2.17. The molecule has 1 atom stereocenters. The zero-order valence-electron chi connectivity index (χ0n) is 16.8. The summed E-state index contributed by atoms with van der Waals surface area (Å²) in [7, 11) is 0. The molecule has 0 bridgehead atoms. The number of nitrogens with zero attached hydrogens (tertiary/aromatic N) is 2. The topological polar surface area (TPSA) is 91.3 Å². The Morgan fingerprint density at radius 2 is 2.11 bits per heavy atom. The third-order valence-corrected chi connectivity index (χ3v) is 7.37. The molecular weight excluding hydrogens is 376 g/mol. The van der Waals surface area contributed by atoms with Crippen LogP contribution in [0, 0.1) is 12.3 Å². The van der Waals surface area contributed by atoms with E-state index in [-0.39, 0.29) is 22.8 Å². The normalized spacial score (nSPS) is 20.9. The molecule has 154 valence electrons. The van der Waals surface area contributed by atoms with Gasteiger partial charge in [0.2, 0.25) is 0 Å². The van der Waals surface area contributed by atoms with E-state index in [9.17, 15) is 9.59 Å². The van der Waals surface area contributed by atoms with Crippen LogP contribution in [-0.4, -0.2) is 34.9 Å². The molecule has 28 heavy (non-hydrogen) atoms. The highest BCUT2D eigenvalue weighted by molar-refractivity contribution is 7.18. The lowest BCUT2D eigenvalue weighted by atomic mass is 10.1. The van der Waals surface area contributed by atoms with E-state index in [4.69, 9.17) is 10.5 Å². The first-order valence-electron chi connectivity index (χ1n) is 10.2. The number of hydrogen-bond acceptors (Lipinski definition) is 6. The molecule has 0 spiro atoms. The van der Waals surface area contributed by atoms with E-state index in [0.717, 1.165) is 54.1 Å². The second-order valence-corrected chi connectivity index (χ2v) is 9.61. The van der Waals surface area contributed by atoms with Crippen molar-refractivity contribution >= 4 is 21.6 Å². The molecule has 2 aromatic rings. The summed E-state index contributed by atoms with van der Waals surface area (Å²) >= 11 is 1.55. The summed E-state index contributed by atoms with van der Waals surface area (Å²) in [5, 5.41) is 4.00. The third-order valence-electron chi connectivity index (χ3n) is 6.05. The Labute approximate surface area is 168 Å². The van der Waals surface area contributed by atoms with E-state index in [1.165, 1.54) is 4.57 Å². The van der Waals surface area contributed by atoms with Crippen LogP contribution in [0.3, 0.4) is 0 Å². The molecule has 2 aliphatic rings. The van der Waals surface area contributed by atoms with Crippen molar-refractivity contribution in [2.75, 3.05) is 19.7 Å². The van der Waals surface area contributed by atoms with E-state index in [1.807, 2.05) is 6.92 Å².